The predicted molar refractivity (Wildman–Crippen MR) is 90.2 cm³/mol. The highest BCUT2D eigenvalue weighted by Crippen LogP contribution is 2.09. The zero-order chi connectivity index (χ0) is 16.1. The first kappa shape index (κ1) is 16.0. The standard InChI is InChI=1S/C17H25N5O/c1-2-6-18-17(23)14-21-10-8-20(9-11-21)12-15-13-22-7-4-3-5-16(22)19-15/h3-5,7,13H,2,6,8-12,14H2,1H3,(H,18,23). The minimum absolute atomic E-state index is 0.139. The van der Waals surface area contributed by atoms with E-state index >= 15 is 0 Å². The van der Waals surface area contributed by atoms with E-state index in [-0.39, 0.29) is 5.91 Å². The summed E-state index contributed by atoms with van der Waals surface area (Å²) in [6.07, 6.45) is 5.11. The summed E-state index contributed by atoms with van der Waals surface area (Å²) in [6, 6.07) is 6.05. The third-order valence-electron chi connectivity index (χ3n) is 4.20. The summed E-state index contributed by atoms with van der Waals surface area (Å²) in [5.74, 6) is 0.139. The van der Waals surface area contributed by atoms with Gasteiger partial charge in [0.1, 0.15) is 5.65 Å². The Morgan fingerprint density at radius 1 is 1.22 bits per heavy atom. The molecule has 1 saturated heterocycles. The Bertz CT molecular complexity index is 612. The Hall–Kier alpha value is -1.92. The van der Waals surface area contributed by atoms with E-state index in [9.17, 15) is 4.79 Å². The van der Waals surface area contributed by atoms with Crippen LogP contribution in [0.3, 0.4) is 0 Å². The number of imidazole rings is 1. The number of fused-ring (bicyclic) bond motifs is 1. The summed E-state index contributed by atoms with van der Waals surface area (Å²) < 4.78 is 2.06. The summed E-state index contributed by atoms with van der Waals surface area (Å²) in [5, 5.41) is 2.94. The quantitative estimate of drug-likeness (QED) is 0.863. The summed E-state index contributed by atoms with van der Waals surface area (Å²) in [5.41, 5.74) is 2.10. The van der Waals surface area contributed by atoms with E-state index in [1.807, 2.05) is 24.4 Å². The van der Waals surface area contributed by atoms with Crippen LogP contribution in [0.5, 0.6) is 0 Å². The zero-order valence-electron chi connectivity index (χ0n) is 13.7. The molecule has 124 valence electrons. The molecule has 1 N–H and O–H groups in total. The molecule has 0 bridgehead atoms. The molecule has 0 aromatic carbocycles. The van der Waals surface area contributed by atoms with Crippen LogP contribution < -0.4 is 5.32 Å². The van der Waals surface area contributed by atoms with Crippen molar-refractivity contribution in [2.75, 3.05) is 39.3 Å². The third-order valence-corrected chi connectivity index (χ3v) is 4.20. The van der Waals surface area contributed by atoms with Gasteiger partial charge < -0.3 is 9.72 Å². The fourth-order valence-electron chi connectivity index (χ4n) is 2.92. The molecule has 0 aliphatic carbocycles. The van der Waals surface area contributed by atoms with Crippen LogP contribution in [0.4, 0.5) is 0 Å². The van der Waals surface area contributed by atoms with Gasteiger partial charge in [0.2, 0.25) is 5.91 Å². The van der Waals surface area contributed by atoms with Gasteiger partial charge in [0.05, 0.1) is 12.2 Å². The van der Waals surface area contributed by atoms with Crippen molar-refractivity contribution in [2.24, 2.45) is 0 Å². The van der Waals surface area contributed by atoms with Crippen molar-refractivity contribution in [3.05, 3.63) is 36.3 Å². The van der Waals surface area contributed by atoms with E-state index in [2.05, 4.69) is 37.6 Å². The van der Waals surface area contributed by atoms with Gasteiger partial charge in [-0.3, -0.25) is 14.6 Å². The Balaban J connectivity index is 1.46. The highest BCUT2D eigenvalue weighted by Gasteiger charge is 2.19. The van der Waals surface area contributed by atoms with Crippen molar-refractivity contribution < 1.29 is 4.79 Å². The second kappa shape index (κ2) is 7.57. The van der Waals surface area contributed by atoms with Gasteiger partial charge >= 0.3 is 0 Å². The summed E-state index contributed by atoms with van der Waals surface area (Å²) in [6.45, 7) is 8.06. The largest absolute Gasteiger partial charge is 0.355 e. The molecule has 1 aliphatic heterocycles. The van der Waals surface area contributed by atoms with Gasteiger partial charge in [-0.15, -0.1) is 0 Å². The number of carbonyl (C=O) groups is 1. The predicted octanol–water partition coefficient (Wildman–Crippen LogP) is 0.978. The van der Waals surface area contributed by atoms with Gasteiger partial charge in [-0.05, 0) is 18.6 Å². The lowest BCUT2D eigenvalue weighted by Crippen LogP contribution is -2.49. The Labute approximate surface area is 137 Å². The van der Waals surface area contributed by atoms with Crippen LogP contribution in [0, 0.1) is 0 Å². The fraction of sp³-hybridized carbons (Fsp3) is 0.529. The molecule has 6 heteroatoms. The van der Waals surface area contributed by atoms with Gasteiger partial charge in [0, 0.05) is 51.7 Å². The van der Waals surface area contributed by atoms with E-state index in [0.717, 1.165) is 57.0 Å². The minimum Gasteiger partial charge on any atom is -0.355 e. The summed E-state index contributed by atoms with van der Waals surface area (Å²) in [4.78, 5) is 21.0. The molecule has 2 aromatic rings. The number of amides is 1. The first-order valence-corrected chi connectivity index (χ1v) is 8.38. The monoisotopic (exact) mass is 315 g/mol. The fourth-order valence-corrected chi connectivity index (χ4v) is 2.92. The normalized spacial score (nSPS) is 16.7. The van der Waals surface area contributed by atoms with Gasteiger partial charge in [0.15, 0.2) is 0 Å². The lowest BCUT2D eigenvalue weighted by molar-refractivity contribution is -0.122. The minimum atomic E-state index is 0.139. The lowest BCUT2D eigenvalue weighted by Gasteiger charge is -2.33. The van der Waals surface area contributed by atoms with E-state index in [1.54, 1.807) is 0 Å². The molecular weight excluding hydrogens is 290 g/mol. The molecule has 2 aromatic heterocycles. The van der Waals surface area contributed by atoms with Crippen LogP contribution in [-0.2, 0) is 11.3 Å². The molecule has 3 heterocycles. The zero-order valence-corrected chi connectivity index (χ0v) is 13.7. The molecule has 23 heavy (non-hydrogen) atoms. The van der Waals surface area contributed by atoms with Gasteiger partial charge in [-0.25, -0.2) is 4.98 Å². The second-order valence-electron chi connectivity index (χ2n) is 6.10. The molecule has 3 rings (SSSR count). The Morgan fingerprint density at radius 3 is 2.74 bits per heavy atom. The number of nitrogens with one attached hydrogen (secondary N) is 1. The molecule has 0 spiro atoms. The van der Waals surface area contributed by atoms with Crippen molar-refractivity contribution in [1.82, 2.24) is 24.5 Å². The first-order valence-electron chi connectivity index (χ1n) is 8.38. The van der Waals surface area contributed by atoms with Crippen molar-refractivity contribution in [3.63, 3.8) is 0 Å². The average Bonchev–Trinajstić information content (AvgIpc) is 2.97. The summed E-state index contributed by atoms with van der Waals surface area (Å²) >= 11 is 0. The number of carbonyl (C=O) groups excluding carboxylic acids is 1. The third kappa shape index (κ3) is 4.30. The number of hydrogen-bond donors (Lipinski definition) is 1. The van der Waals surface area contributed by atoms with E-state index < -0.39 is 0 Å². The molecule has 0 unspecified atom stereocenters. The van der Waals surface area contributed by atoms with E-state index in [1.165, 1.54) is 0 Å². The van der Waals surface area contributed by atoms with Crippen molar-refractivity contribution in [2.45, 2.75) is 19.9 Å². The molecule has 1 amide bonds. The molecule has 0 saturated carbocycles. The number of nitrogens with zero attached hydrogens (tertiary/aromatic N) is 4. The van der Waals surface area contributed by atoms with Gasteiger partial charge in [-0.2, -0.15) is 0 Å². The number of aromatic nitrogens is 2. The molecule has 0 radical (unpaired) electrons. The van der Waals surface area contributed by atoms with Crippen LogP contribution in [0.25, 0.3) is 5.65 Å². The SMILES string of the molecule is CCCNC(=O)CN1CCN(Cc2cn3ccccc3n2)CC1. The van der Waals surface area contributed by atoms with Crippen LogP contribution in [0.2, 0.25) is 0 Å². The smallest absolute Gasteiger partial charge is 0.234 e. The maximum absolute atomic E-state index is 11.8. The topological polar surface area (TPSA) is 52.9 Å². The Kier molecular flexibility index (Phi) is 5.25. The van der Waals surface area contributed by atoms with Crippen LogP contribution in [0.1, 0.15) is 19.0 Å². The van der Waals surface area contributed by atoms with Crippen LogP contribution in [-0.4, -0.2) is 64.4 Å². The number of rotatable bonds is 6. The highest BCUT2D eigenvalue weighted by molar-refractivity contribution is 5.77. The van der Waals surface area contributed by atoms with Gasteiger partial charge in [-0.1, -0.05) is 13.0 Å². The number of pyridine rings is 1. The molecule has 1 aliphatic rings. The van der Waals surface area contributed by atoms with Crippen molar-refractivity contribution in [3.8, 4) is 0 Å². The molecule has 0 atom stereocenters. The maximum atomic E-state index is 11.8. The lowest BCUT2D eigenvalue weighted by atomic mass is 10.3. The van der Waals surface area contributed by atoms with Crippen molar-refractivity contribution in [1.29, 1.82) is 0 Å². The van der Waals surface area contributed by atoms with Crippen LogP contribution in [0.15, 0.2) is 30.6 Å². The Morgan fingerprint density at radius 2 is 2.00 bits per heavy atom. The van der Waals surface area contributed by atoms with Gasteiger partial charge in [0.25, 0.3) is 0 Å². The molecular formula is C17H25N5O. The number of piperazine rings is 1. The van der Waals surface area contributed by atoms with Crippen LogP contribution >= 0.6 is 0 Å². The summed E-state index contributed by atoms with van der Waals surface area (Å²) in [7, 11) is 0. The molecule has 6 nitrogen and oxygen atoms in total. The van der Waals surface area contributed by atoms with E-state index in [0.29, 0.717) is 6.54 Å². The molecule has 1 fully saturated rings. The second-order valence-corrected chi connectivity index (χ2v) is 6.10. The van der Waals surface area contributed by atoms with E-state index in [4.69, 9.17) is 0 Å². The van der Waals surface area contributed by atoms with Crippen molar-refractivity contribution >= 4 is 11.6 Å². The highest BCUT2D eigenvalue weighted by atomic mass is 16.2. The number of hydrogen-bond acceptors (Lipinski definition) is 4. The maximum Gasteiger partial charge on any atom is 0.234 e. The average molecular weight is 315 g/mol. The first-order chi connectivity index (χ1) is 11.2.